The van der Waals surface area contributed by atoms with Gasteiger partial charge in [0, 0.05) is 17.8 Å². The summed E-state index contributed by atoms with van der Waals surface area (Å²) in [5.74, 6) is 1.65. The molecule has 110 valence electrons. The number of fused-ring (bicyclic) bond motifs is 1. The third-order valence-corrected chi connectivity index (χ3v) is 4.76. The van der Waals surface area contributed by atoms with E-state index in [1.807, 2.05) is 5.38 Å². The van der Waals surface area contributed by atoms with Crippen LogP contribution in [0.3, 0.4) is 0 Å². The first-order valence-electron chi connectivity index (χ1n) is 6.95. The Bertz CT molecular complexity index is 694. The highest BCUT2D eigenvalue weighted by Crippen LogP contribution is 2.25. The number of nitrogens with one attached hydrogen (secondary N) is 1. The van der Waals surface area contributed by atoms with Crippen molar-refractivity contribution in [3.63, 3.8) is 0 Å². The van der Waals surface area contributed by atoms with Crippen LogP contribution >= 0.6 is 22.7 Å². The molecule has 3 aromatic rings. The van der Waals surface area contributed by atoms with Crippen LogP contribution in [0.15, 0.2) is 29.0 Å². The molecule has 0 unspecified atom stereocenters. The fourth-order valence-electron chi connectivity index (χ4n) is 2.06. The number of nitrogens with zero attached hydrogens (tertiary/aromatic N) is 2. The number of thiophene rings is 2. The van der Waals surface area contributed by atoms with Crippen molar-refractivity contribution in [3.8, 4) is 0 Å². The topological polar surface area (TPSA) is 47.0 Å². The normalized spacial score (nSPS) is 11.1. The molecule has 3 rings (SSSR count). The number of ether oxygens (including phenoxy) is 1. The summed E-state index contributed by atoms with van der Waals surface area (Å²) in [5, 5.41) is 8.51. The molecule has 0 aliphatic rings. The lowest BCUT2D eigenvalue weighted by molar-refractivity contribution is 0.119. The molecule has 0 amide bonds. The van der Waals surface area contributed by atoms with Crippen LogP contribution in [0.5, 0.6) is 0 Å². The average molecular weight is 319 g/mol. The summed E-state index contributed by atoms with van der Waals surface area (Å²) in [6.07, 6.45) is 0.943. The van der Waals surface area contributed by atoms with E-state index in [2.05, 4.69) is 45.8 Å². The van der Waals surface area contributed by atoms with Crippen LogP contribution in [-0.4, -0.2) is 23.1 Å². The smallest absolute Gasteiger partial charge is 0.158 e. The summed E-state index contributed by atoms with van der Waals surface area (Å²) in [7, 11) is 0. The van der Waals surface area contributed by atoms with Gasteiger partial charge in [0.05, 0.1) is 12.0 Å². The Morgan fingerprint density at radius 1 is 1.19 bits per heavy atom. The predicted octanol–water partition coefficient (Wildman–Crippen LogP) is 3.94. The maximum atomic E-state index is 5.71. The Morgan fingerprint density at radius 2 is 2.14 bits per heavy atom. The van der Waals surface area contributed by atoms with E-state index < -0.39 is 0 Å². The molecule has 4 nitrogen and oxygen atoms in total. The molecule has 0 spiro atoms. The lowest BCUT2D eigenvalue weighted by atomic mass is 10.3. The number of anilines is 1. The lowest BCUT2D eigenvalue weighted by Crippen LogP contribution is -2.06. The molecule has 0 atom stereocenters. The Kier molecular flexibility index (Phi) is 4.80. The zero-order valence-corrected chi connectivity index (χ0v) is 13.5. The highest BCUT2D eigenvalue weighted by Gasteiger charge is 2.08. The summed E-state index contributed by atoms with van der Waals surface area (Å²) in [6, 6.07) is 6.25. The fraction of sp³-hybridized carbons (Fsp3) is 0.333. The largest absolute Gasteiger partial charge is 0.373 e. The zero-order chi connectivity index (χ0) is 14.5. The van der Waals surface area contributed by atoms with Crippen LogP contribution in [0, 0.1) is 0 Å². The molecule has 0 radical (unpaired) electrons. The van der Waals surface area contributed by atoms with Gasteiger partial charge in [-0.15, -0.1) is 22.7 Å². The van der Waals surface area contributed by atoms with Gasteiger partial charge in [-0.25, -0.2) is 9.97 Å². The van der Waals surface area contributed by atoms with Crippen molar-refractivity contribution in [2.75, 3.05) is 18.5 Å². The first kappa shape index (κ1) is 14.4. The Labute approximate surface area is 131 Å². The molecule has 21 heavy (non-hydrogen) atoms. The minimum absolute atomic E-state index is 0.456. The van der Waals surface area contributed by atoms with E-state index in [4.69, 9.17) is 4.74 Å². The molecule has 0 aliphatic heterocycles. The van der Waals surface area contributed by atoms with Gasteiger partial charge in [0.1, 0.15) is 17.3 Å². The summed E-state index contributed by atoms with van der Waals surface area (Å²) >= 11 is 3.40. The summed E-state index contributed by atoms with van der Waals surface area (Å²) in [6.45, 7) is 4.07. The van der Waals surface area contributed by atoms with E-state index in [-0.39, 0.29) is 0 Å². The highest BCUT2D eigenvalue weighted by atomic mass is 32.1. The average Bonchev–Trinajstić information content (AvgIpc) is 3.15. The number of hydrogen-bond donors (Lipinski definition) is 1. The van der Waals surface area contributed by atoms with E-state index in [0.717, 1.165) is 34.8 Å². The Hall–Kier alpha value is -1.50. The standard InChI is InChI=1S/C15H17N3OS2/c1-2-16-14-12-6-9-21-15(12)18-13(17-14)10-19-7-5-11-4-3-8-20-11/h3-4,6,8-9H,2,5,7,10H2,1H3,(H,16,17,18). The minimum Gasteiger partial charge on any atom is -0.373 e. The molecule has 3 heterocycles. The van der Waals surface area contributed by atoms with E-state index in [1.54, 1.807) is 22.7 Å². The van der Waals surface area contributed by atoms with Gasteiger partial charge in [0.25, 0.3) is 0 Å². The van der Waals surface area contributed by atoms with Gasteiger partial charge in [0.15, 0.2) is 5.82 Å². The lowest BCUT2D eigenvalue weighted by Gasteiger charge is -2.07. The molecule has 3 aromatic heterocycles. The quantitative estimate of drug-likeness (QED) is 0.670. The molecule has 1 N–H and O–H groups in total. The van der Waals surface area contributed by atoms with Crippen LogP contribution in [0.25, 0.3) is 10.2 Å². The molecule has 0 aliphatic carbocycles. The molecule has 0 saturated heterocycles. The van der Waals surface area contributed by atoms with Gasteiger partial charge >= 0.3 is 0 Å². The van der Waals surface area contributed by atoms with Gasteiger partial charge in [-0.2, -0.15) is 0 Å². The fourth-order valence-corrected chi connectivity index (χ4v) is 3.53. The van der Waals surface area contributed by atoms with Gasteiger partial charge in [0.2, 0.25) is 0 Å². The summed E-state index contributed by atoms with van der Waals surface area (Å²) in [4.78, 5) is 11.5. The van der Waals surface area contributed by atoms with Gasteiger partial charge in [-0.05, 0) is 29.8 Å². The maximum absolute atomic E-state index is 5.71. The first-order chi connectivity index (χ1) is 10.4. The van der Waals surface area contributed by atoms with E-state index in [1.165, 1.54) is 4.88 Å². The van der Waals surface area contributed by atoms with E-state index >= 15 is 0 Å². The number of aromatic nitrogens is 2. The third-order valence-electron chi connectivity index (χ3n) is 3.02. The Balaban J connectivity index is 1.63. The van der Waals surface area contributed by atoms with Crippen LogP contribution in [-0.2, 0) is 17.8 Å². The molecule has 0 fully saturated rings. The van der Waals surface area contributed by atoms with Gasteiger partial charge < -0.3 is 10.1 Å². The van der Waals surface area contributed by atoms with Crippen molar-refractivity contribution in [2.45, 2.75) is 20.0 Å². The van der Waals surface area contributed by atoms with Crippen molar-refractivity contribution in [2.24, 2.45) is 0 Å². The van der Waals surface area contributed by atoms with Crippen molar-refractivity contribution in [1.29, 1.82) is 0 Å². The molecule has 6 heteroatoms. The second kappa shape index (κ2) is 6.98. The van der Waals surface area contributed by atoms with Crippen molar-refractivity contribution in [1.82, 2.24) is 9.97 Å². The molecule has 0 bridgehead atoms. The van der Waals surface area contributed by atoms with Gasteiger partial charge in [-0.3, -0.25) is 0 Å². The summed E-state index contributed by atoms with van der Waals surface area (Å²) in [5.41, 5.74) is 0. The van der Waals surface area contributed by atoms with E-state index in [0.29, 0.717) is 13.2 Å². The van der Waals surface area contributed by atoms with Crippen molar-refractivity contribution in [3.05, 3.63) is 39.7 Å². The van der Waals surface area contributed by atoms with Crippen LogP contribution < -0.4 is 5.32 Å². The second-order valence-corrected chi connectivity index (χ2v) is 6.47. The molecule has 0 aromatic carbocycles. The second-order valence-electron chi connectivity index (χ2n) is 4.54. The van der Waals surface area contributed by atoms with Crippen LogP contribution in [0.1, 0.15) is 17.6 Å². The maximum Gasteiger partial charge on any atom is 0.158 e. The van der Waals surface area contributed by atoms with Crippen LogP contribution in [0.4, 0.5) is 5.82 Å². The predicted molar refractivity (Wildman–Crippen MR) is 89.3 cm³/mol. The monoisotopic (exact) mass is 319 g/mol. The van der Waals surface area contributed by atoms with Crippen LogP contribution in [0.2, 0.25) is 0 Å². The van der Waals surface area contributed by atoms with Crippen molar-refractivity contribution < 1.29 is 4.74 Å². The summed E-state index contributed by atoms with van der Waals surface area (Å²) < 4.78 is 5.71. The highest BCUT2D eigenvalue weighted by molar-refractivity contribution is 7.16. The molecular weight excluding hydrogens is 302 g/mol. The van der Waals surface area contributed by atoms with Crippen molar-refractivity contribution >= 4 is 38.7 Å². The number of hydrogen-bond acceptors (Lipinski definition) is 6. The van der Waals surface area contributed by atoms with Gasteiger partial charge in [-0.1, -0.05) is 6.07 Å². The Morgan fingerprint density at radius 3 is 2.95 bits per heavy atom. The first-order valence-corrected chi connectivity index (χ1v) is 8.71. The zero-order valence-electron chi connectivity index (χ0n) is 11.8. The third kappa shape index (κ3) is 3.58. The molecular formula is C15H17N3OS2. The minimum atomic E-state index is 0.456. The van der Waals surface area contributed by atoms with E-state index in [9.17, 15) is 0 Å². The SMILES string of the molecule is CCNc1nc(COCCc2cccs2)nc2sccc12. The number of rotatable bonds is 7. The molecule has 0 saturated carbocycles.